The first-order valence-corrected chi connectivity index (χ1v) is 5.29. The van der Waals surface area contributed by atoms with Gasteiger partial charge in [-0.05, 0) is 13.0 Å². The highest BCUT2D eigenvalue weighted by molar-refractivity contribution is 5.81. The predicted molar refractivity (Wildman–Crippen MR) is 59.9 cm³/mol. The lowest BCUT2D eigenvalue weighted by Gasteiger charge is -2.15. The molecule has 5 heteroatoms. The normalized spacial score (nSPS) is 14.5. The molecule has 0 aliphatic carbocycles. The third-order valence-electron chi connectivity index (χ3n) is 2.36. The Bertz CT molecular complexity index is 416. The standard InChI is InChI=1S/C12H14O5/c1-8(6-14-2)17-10-4-12-11(15-7-16-12)3-9(10)5-13/h3-5,8H,6-7H2,1-2H3. The van der Waals surface area contributed by atoms with E-state index < -0.39 is 0 Å². The van der Waals surface area contributed by atoms with Crippen LogP contribution in [-0.4, -0.2) is 32.9 Å². The van der Waals surface area contributed by atoms with Crippen molar-refractivity contribution in [1.29, 1.82) is 0 Å². The Labute approximate surface area is 99.2 Å². The van der Waals surface area contributed by atoms with E-state index in [2.05, 4.69) is 0 Å². The van der Waals surface area contributed by atoms with Crippen LogP contribution in [0.15, 0.2) is 12.1 Å². The number of carbonyl (C=O) groups is 1. The topological polar surface area (TPSA) is 54.0 Å². The van der Waals surface area contributed by atoms with Crippen LogP contribution in [0.1, 0.15) is 17.3 Å². The monoisotopic (exact) mass is 238 g/mol. The molecule has 1 aliphatic rings. The summed E-state index contributed by atoms with van der Waals surface area (Å²) in [6, 6.07) is 3.28. The third-order valence-corrected chi connectivity index (χ3v) is 2.36. The summed E-state index contributed by atoms with van der Waals surface area (Å²) < 4.78 is 21.0. The van der Waals surface area contributed by atoms with Crippen molar-refractivity contribution in [3.63, 3.8) is 0 Å². The summed E-state index contributed by atoms with van der Waals surface area (Å²) in [7, 11) is 1.60. The van der Waals surface area contributed by atoms with Gasteiger partial charge in [-0.15, -0.1) is 0 Å². The minimum Gasteiger partial charge on any atom is -0.487 e. The van der Waals surface area contributed by atoms with Gasteiger partial charge in [-0.1, -0.05) is 0 Å². The van der Waals surface area contributed by atoms with Crippen LogP contribution >= 0.6 is 0 Å². The number of methoxy groups -OCH3 is 1. The Balaban J connectivity index is 2.23. The maximum atomic E-state index is 11.0. The van der Waals surface area contributed by atoms with Crippen molar-refractivity contribution < 1.29 is 23.7 Å². The van der Waals surface area contributed by atoms with Gasteiger partial charge in [0.2, 0.25) is 6.79 Å². The van der Waals surface area contributed by atoms with Crippen molar-refractivity contribution in [3.8, 4) is 17.2 Å². The molecule has 0 radical (unpaired) electrons. The van der Waals surface area contributed by atoms with Crippen LogP contribution in [0, 0.1) is 0 Å². The van der Waals surface area contributed by atoms with Crippen molar-refractivity contribution in [2.75, 3.05) is 20.5 Å². The minimum atomic E-state index is -0.140. The summed E-state index contributed by atoms with van der Waals surface area (Å²) >= 11 is 0. The summed E-state index contributed by atoms with van der Waals surface area (Å²) in [5.41, 5.74) is 0.442. The fraction of sp³-hybridized carbons (Fsp3) is 0.417. The molecule has 1 aromatic rings. The average molecular weight is 238 g/mol. The Morgan fingerprint density at radius 2 is 2.12 bits per heavy atom. The van der Waals surface area contributed by atoms with Gasteiger partial charge in [0.15, 0.2) is 17.8 Å². The molecule has 0 spiro atoms. The number of ether oxygens (including phenoxy) is 4. The zero-order chi connectivity index (χ0) is 12.3. The molecular formula is C12H14O5. The van der Waals surface area contributed by atoms with Crippen molar-refractivity contribution in [2.24, 2.45) is 0 Å². The van der Waals surface area contributed by atoms with Crippen molar-refractivity contribution in [1.82, 2.24) is 0 Å². The fourth-order valence-electron chi connectivity index (χ4n) is 1.62. The molecule has 0 saturated carbocycles. The lowest BCUT2D eigenvalue weighted by molar-refractivity contribution is 0.0904. The molecule has 0 fully saturated rings. The maximum absolute atomic E-state index is 11.0. The van der Waals surface area contributed by atoms with Gasteiger partial charge in [-0.3, -0.25) is 4.79 Å². The van der Waals surface area contributed by atoms with Crippen LogP contribution in [0.4, 0.5) is 0 Å². The number of benzene rings is 1. The Morgan fingerprint density at radius 3 is 2.76 bits per heavy atom. The first kappa shape index (κ1) is 11.7. The third kappa shape index (κ3) is 2.50. The van der Waals surface area contributed by atoms with Crippen LogP contribution in [0.25, 0.3) is 0 Å². The summed E-state index contributed by atoms with van der Waals surface area (Å²) in [6.07, 6.45) is 0.593. The number of carbonyl (C=O) groups excluding carboxylic acids is 1. The molecule has 1 aliphatic heterocycles. The molecule has 1 heterocycles. The molecule has 0 amide bonds. The zero-order valence-electron chi connectivity index (χ0n) is 9.76. The number of hydrogen-bond donors (Lipinski definition) is 0. The maximum Gasteiger partial charge on any atom is 0.231 e. The van der Waals surface area contributed by atoms with E-state index in [1.165, 1.54) is 0 Å². The Hall–Kier alpha value is -1.75. The SMILES string of the molecule is COCC(C)Oc1cc2c(cc1C=O)OCO2. The van der Waals surface area contributed by atoms with E-state index in [0.717, 1.165) is 6.29 Å². The van der Waals surface area contributed by atoms with Crippen molar-refractivity contribution in [2.45, 2.75) is 13.0 Å². The second-order valence-electron chi connectivity index (χ2n) is 3.74. The average Bonchev–Trinajstić information content (AvgIpc) is 2.75. The van der Waals surface area contributed by atoms with E-state index in [0.29, 0.717) is 29.4 Å². The number of rotatable bonds is 5. The highest BCUT2D eigenvalue weighted by Crippen LogP contribution is 2.37. The molecule has 5 nitrogen and oxygen atoms in total. The van der Waals surface area contributed by atoms with E-state index in [1.807, 2.05) is 6.92 Å². The van der Waals surface area contributed by atoms with Crippen LogP contribution < -0.4 is 14.2 Å². The van der Waals surface area contributed by atoms with Crippen LogP contribution in [0.2, 0.25) is 0 Å². The van der Waals surface area contributed by atoms with E-state index >= 15 is 0 Å². The van der Waals surface area contributed by atoms with Crippen molar-refractivity contribution >= 4 is 6.29 Å². The van der Waals surface area contributed by atoms with Crippen LogP contribution in [-0.2, 0) is 4.74 Å². The number of fused-ring (bicyclic) bond motifs is 1. The first-order valence-electron chi connectivity index (χ1n) is 5.29. The highest BCUT2D eigenvalue weighted by Gasteiger charge is 2.18. The highest BCUT2D eigenvalue weighted by atomic mass is 16.7. The minimum absolute atomic E-state index is 0.140. The molecule has 0 N–H and O–H groups in total. The van der Waals surface area contributed by atoms with Gasteiger partial charge >= 0.3 is 0 Å². The smallest absolute Gasteiger partial charge is 0.231 e. The van der Waals surface area contributed by atoms with Gasteiger partial charge in [0, 0.05) is 13.2 Å². The lowest BCUT2D eigenvalue weighted by Crippen LogP contribution is -2.18. The Morgan fingerprint density at radius 1 is 1.41 bits per heavy atom. The molecule has 1 unspecified atom stereocenters. The summed E-state index contributed by atoms with van der Waals surface area (Å²) in [4.78, 5) is 11.0. The number of aldehydes is 1. The fourth-order valence-corrected chi connectivity index (χ4v) is 1.62. The second kappa shape index (κ2) is 5.05. The van der Waals surface area contributed by atoms with Crippen LogP contribution in [0.3, 0.4) is 0 Å². The van der Waals surface area contributed by atoms with Gasteiger partial charge in [-0.2, -0.15) is 0 Å². The molecule has 1 atom stereocenters. The first-order chi connectivity index (χ1) is 8.24. The molecule has 1 aromatic carbocycles. The summed E-state index contributed by atoms with van der Waals surface area (Å²) in [5.74, 6) is 1.64. The second-order valence-corrected chi connectivity index (χ2v) is 3.74. The Kier molecular flexibility index (Phi) is 3.49. The van der Waals surface area contributed by atoms with E-state index in [4.69, 9.17) is 18.9 Å². The quantitative estimate of drug-likeness (QED) is 0.730. The van der Waals surface area contributed by atoms with E-state index in [9.17, 15) is 4.79 Å². The molecule has 0 aromatic heterocycles. The van der Waals surface area contributed by atoms with Gasteiger partial charge < -0.3 is 18.9 Å². The zero-order valence-corrected chi connectivity index (χ0v) is 9.76. The van der Waals surface area contributed by atoms with Gasteiger partial charge in [0.25, 0.3) is 0 Å². The molecule has 0 saturated heterocycles. The molecule has 92 valence electrons. The summed E-state index contributed by atoms with van der Waals surface area (Å²) in [5, 5.41) is 0. The van der Waals surface area contributed by atoms with E-state index in [1.54, 1.807) is 19.2 Å². The van der Waals surface area contributed by atoms with Crippen LogP contribution in [0.5, 0.6) is 17.2 Å². The predicted octanol–water partition coefficient (Wildman–Crippen LogP) is 1.64. The van der Waals surface area contributed by atoms with Gasteiger partial charge in [0.1, 0.15) is 11.9 Å². The van der Waals surface area contributed by atoms with Gasteiger partial charge in [0.05, 0.1) is 12.2 Å². The number of hydrogen-bond acceptors (Lipinski definition) is 5. The molecular weight excluding hydrogens is 224 g/mol. The molecule has 2 rings (SSSR count). The molecule has 0 bridgehead atoms. The summed E-state index contributed by atoms with van der Waals surface area (Å²) in [6.45, 7) is 2.49. The van der Waals surface area contributed by atoms with Gasteiger partial charge in [-0.25, -0.2) is 0 Å². The van der Waals surface area contributed by atoms with E-state index in [-0.39, 0.29) is 12.9 Å². The largest absolute Gasteiger partial charge is 0.487 e. The lowest BCUT2D eigenvalue weighted by atomic mass is 10.2. The molecule has 17 heavy (non-hydrogen) atoms. The van der Waals surface area contributed by atoms with Crippen molar-refractivity contribution in [3.05, 3.63) is 17.7 Å².